The van der Waals surface area contributed by atoms with Crippen molar-refractivity contribution in [3.63, 3.8) is 0 Å². The number of rotatable bonds is 3. The first-order valence-corrected chi connectivity index (χ1v) is 7.41. The molecule has 0 aliphatic heterocycles. The molecule has 2 aromatic rings. The van der Waals surface area contributed by atoms with Crippen molar-refractivity contribution in [2.24, 2.45) is 5.92 Å². The maximum absolute atomic E-state index is 10.5. The molecule has 0 saturated heterocycles. The smallest absolute Gasteiger partial charge is 0.0992 e. The van der Waals surface area contributed by atoms with E-state index in [1.165, 1.54) is 32.1 Å². The van der Waals surface area contributed by atoms with Crippen LogP contribution in [0.25, 0.3) is 5.52 Å². The van der Waals surface area contributed by atoms with Crippen LogP contribution in [0.1, 0.15) is 50.2 Å². The fourth-order valence-corrected chi connectivity index (χ4v) is 3.46. The Hall–Kier alpha value is -1.06. The average Bonchev–Trinajstić information content (AvgIpc) is 2.87. The van der Waals surface area contributed by atoms with Crippen LogP contribution < -0.4 is 0 Å². The van der Waals surface area contributed by atoms with Gasteiger partial charge in [0.25, 0.3) is 0 Å². The molecule has 1 atom stereocenters. The van der Waals surface area contributed by atoms with E-state index in [1.54, 1.807) is 12.5 Å². The lowest BCUT2D eigenvalue weighted by molar-refractivity contribution is 0.132. The zero-order valence-corrected chi connectivity index (χ0v) is 11.7. The zero-order valence-electron chi connectivity index (χ0n) is 10.9. The van der Waals surface area contributed by atoms with Crippen molar-refractivity contribution >= 4 is 17.1 Å². The van der Waals surface area contributed by atoms with Gasteiger partial charge in [0.15, 0.2) is 0 Å². The maximum Gasteiger partial charge on any atom is 0.0992 e. The standard InChI is InChI=1S/C15H19ClN2O/c16-12-6-7-18-10-17-9-13(18)15(12)14(19)8-11-4-2-1-3-5-11/h6-7,9-11,14,19H,1-5,8H2/t14-/m1/s1. The first kappa shape index (κ1) is 12.9. The average molecular weight is 279 g/mol. The molecule has 1 aliphatic rings. The van der Waals surface area contributed by atoms with Crippen LogP contribution in [0.2, 0.25) is 5.02 Å². The number of aliphatic hydroxyl groups is 1. The molecular formula is C15H19ClN2O. The number of hydrogen-bond acceptors (Lipinski definition) is 2. The van der Waals surface area contributed by atoms with Crippen molar-refractivity contribution in [3.8, 4) is 0 Å². The fraction of sp³-hybridized carbons (Fsp3) is 0.533. The highest BCUT2D eigenvalue weighted by molar-refractivity contribution is 6.31. The van der Waals surface area contributed by atoms with Crippen molar-refractivity contribution in [3.05, 3.63) is 35.4 Å². The van der Waals surface area contributed by atoms with Crippen molar-refractivity contribution in [2.75, 3.05) is 0 Å². The van der Waals surface area contributed by atoms with Gasteiger partial charge in [-0.1, -0.05) is 43.7 Å². The Morgan fingerprint density at radius 3 is 2.95 bits per heavy atom. The Morgan fingerprint density at radius 2 is 2.16 bits per heavy atom. The summed E-state index contributed by atoms with van der Waals surface area (Å²) in [6.45, 7) is 0. The van der Waals surface area contributed by atoms with Gasteiger partial charge in [-0.25, -0.2) is 4.98 Å². The van der Waals surface area contributed by atoms with Crippen LogP contribution in [-0.2, 0) is 0 Å². The molecule has 3 rings (SSSR count). The molecule has 102 valence electrons. The normalized spacial score (nSPS) is 18.8. The van der Waals surface area contributed by atoms with Crippen LogP contribution in [0.3, 0.4) is 0 Å². The number of nitrogens with zero attached hydrogens (tertiary/aromatic N) is 2. The monoisotopic (exact) mass is 278 g/mol. The molecule has 1 fully saturated rings. The summed E-state index contributed by atoms with van der Waals surface area (Å²) < 4.78 is 1.91. The predicted molar refractivity (Wildman–Crippen MR) is 76.4 cm³/mol. The van der Waals surface area contributed by atoms with E-state index in [0.29, 0.717) is 10.9 Å². The van der Waals surface area contributed by atoms with E-state index in [1.807, 2.05) is 16.7 Å². The summed E-state index contributed by atoms with van der Waals surface area (Å²) >= 11 is 6.27. The third-order valence-corrected chi connectivity index (χ3v) is 4.52. The summed E-state index contributed by atoms with van der Waals surface area (Å²) in [5.41, 5.74) is 1.74. The molecule has 1 aliphatic carbocycles. The van der Waals surface area contributed by atoms with Crippen LogP contribution >= 0.6 is 11.6 Å². The summed E-state index contributed by atoms with van der Waals surface area (Å²) in [7, 11) is 0. The number of imidazole rings is 1. The summed E-state index contributed by atoms with van der Waals surface area (Å²) in [5, 5.41) is 11.2. The molecule has 1 N–H and O–H groups in total. The molecule has 2 heterocycles. The third kappa shape index (κ3) is 2.63. The topological polar surface area (TPSA) is 37.5 Å². The SMILES string of the molecule is O[C@H](CC1CCCCC1)c1c(Cl)ccn2cncc12. The third-order valence-electron chi connectivity index (χ3n) is 4.20. The Kier molecular flexibility index (Phi) is 3.76. The highest BCUT2D eigenvalue weighted by Crippen LogP contribution is 2.35. The number of aliphatic hydroxyl groups excluding tert-OH is 1. The van der Waals surface area contributed by atoms with Crippen LogP contribution in [0, 0.1) is 5.92 Å². The van der Waals surface area contributed by atoms with Gasteiger partial charge in [-0.2, -0.15) is 0 Å². The largest absolute Gasteiger partial charge is 0.388 e. The minimum atomic E-state index is -0.490. The molecule has 2 aromatic heterocycles. The molecule has 0 amide bonds. The van der Waals surface area contributed by atoms with E-state index in [9.17, 15) is 5.11 Å². The quantitative estimate of drug-likeness (QED) is 0.922. The Morgan fingerprint density at radius 1 is 1.37 bits per heavy atom. The number of hydrogen-bond donors (Lipinski definition) is 1. The van der Waals surface area contributed by atoms with E-state index >= 15 is 0 Å². The second-order valence-electron chi connectivity index (χ2n) is 5.52. The van der Waals surface area contributed by atoms with Gasteiger partial charge >= 0.3 is 0 Å². The number of pyridine rings is 1. The van der Waals surface area contributed by atoms with Gasteiger partial charge in [-0.3, -0.25) is 0 Å². The number of fused-ring (bicyclic) bond motifs is 1. The molecule has 0 bridgehead atoms. The maximum atomic E-state index is 10.5. The van der Waals surface area contributed by atoms with Crippen LogP contribution in [0.5, 0.6) is 0 Å². The van der Waals surface area contributed by atoms with E-state index in [2.05, 4.69) is 4.98 Å². The second-order valence-corrected chi connectivity index (χ2v) is 5.93. The van der Waals surface area contributed by atoms with E-state index < -0.39 is 6.10 Å². The van der Waals surface area contributed by atoms with Gasteiger partial charge in [0.1, 0.15) is 0 Å². The highest BCUT2D eigenvalue weighted by atomic mass is 35.5. The number of aromatic nitrogens is 2. The molecule has 3 nitrogen and oxygen atoms in total. The summed E-state index contributed by atoms with van der Waals surface area (Å²) in [5.74, 6) is 0.628. The molecule has 0 unspecified atom stereocenters. The molecule has 1 saturated carbocycles. The first-order valence-electron chi connectivity index (χ1n) is 7.04. The minimum absolute atomic E-state index is 0.490. The molecule has 0 radical (unpaired) electrons. The first-order chi connectivity index (χ1) is 9.25. The van der Waals surface area contributed by atoms with Gasteiger partial charge in [-0.15, -0.1) is 0 Å². The van der Waals surface area contributed by atoms with Crippen LogP contribution in [0.15, 0.2) is 24.8 Å². The van der Waals surface area contributed by atoms with Crippen molar-refractivity contribution in [1.29, 1.82) is 0 Å². The molecule has 0 aromatic carbocycles. The van der Waals surface area contributed by atoms with Gasteiger partial charge < -0.3 is 9.51 Å². The molecule has 19 heavy (non-hydrogen) atoms. The lowest BCUT2D eigenvalue weighted by Crippen LogP contribution is -2.12. The second kappa shape index (κ2) is 5.51. The van der Waals surface area contributed by atoms with Gasteiger partial charge in [0.05, 0.1) is 24.1 Å². The van der Waals surface area contributed by atoms with E-state index in [0.717, 1.165) is 17.5 Å². The van der Waals surface area contributed by atoms with Crippen molar-refractivity contribution in [2.45, 2.75) is 44.6 Å². The molecular weight excluding hydrogens is 260 g/mol. The number of halogens is 1. The molecule has 0 spiro atoms. The van der Waals surface area contributed by atoms with Gasteiger partial charge in [0, 0.05) is 16.8 Å². The lowest BCUT2D eigenvalue weighted by atomic mass is 9.84. The lowest BCUT2D eigenvalue weighted by Gasteiger charge is -2.24. The minimum Gasteiger partial charge on any atom is -0.388 e. The Balaban J connectivity index is 1.85. The van der Waals surface area contributed by atoms with Crippen LogP contribution in [-0.4, -0.2) is 14.5 Å². The Bertz CT molecular complexity index is 560. The summed E-state index contributed by atoms with van der Waals surface area (Å²) in [6.07, 6.45) is 12.1. The van der Waals surface area contributed by atoms with Gasteiger partial charge in [-0.05, 0) is 18.4 Å². The zero-order chi connectivity index (χ0) is 13.2. The van der Waals surface area contributed by atoms with Crippen molar-refractivity contribution in [1.82, 2.24) is 9.38 Å². The highest BCUT2D eigenvalue weighted by Gasteiger charge is 2.22. The molecule has 4 heteroatoms. The fourth-order valence-electron chi connectivity index (χ4n) is 3.18. The van der Waals surface area contributed by atoms with Crippen molar-refractivity contribution < 1.29 is 5.11 Å². The van der Waals surface area contributed by atoms with Crippen LogP contribution in [0.4, 0.5) is 0 Å². The summed E-state index contributed by atoms with van der Waals surface area (Å²) in [6, 6.07) is 1.83. The van der Waals surface area contributed by atoms with E-state index in [-0.39, 0.29) is 0 Å². The summed E-state index contributed by atoms with van der Waals surface area (Å²) in [4.78, 5) is 4.13. The predicted octanol–water partition coefficient (Wildman–Crippen LogP) is 3.99. The Labute approximate surface area is 118 Å². The van der Waals surface area contributed by atoms with Gasteiger partial charge in [0.2, 0.25) is 0 Å². The van der Waals surface area contributed by atoms with E-state index in [4.69, 9.17) is 11.6 Å².